The van der Waals surface area contributed by atoms with E-state index in [9.17, 15) is 0 Å². The molecule has 1 aromatic heterocycles. The first-order chi connectivity index (χ1) is 11.8. The third-order valence-electron chi connectivity index (χ3n) is 3.92. The van der Waals surface area contributed by atoms with Gasteiger partial charge in [0.05, 0.1) is 20.3 Å². The van der Waals surface area contributed by atoms with Gasteiger partial charge in [-0.05, 0) is 24.1 Å². The predicted molar refractivity (Wildman–Crippen MR) is 91.8 cm³/mol. The van der Waals surface area contributed by atoms with Crippen LogP contribution in [0.2, 0.25) is 0 Å². The zero-order chi connectivity index (χ0) is 16.8. The standard InChI is InChI=1S/C18H23N3O3/c1-3-15-12-17(20-18(19-15)21-7-9-23-10-8-21)24-13-14-5-4-6-16(11-14)22-2/h4-6,11-12H,3,7-10,13H2,1-2H3. The maximum Gasteiger partial charge on any atom is 0.229 e. The largest absolute Gasteiger partial charge is 0.497 e. The van der Waals surface area contributed by atoms with Crippen LogP contribution in [0.15, 0.2) is 30.3 Å². The van der Waals surface area contributed by atoms with Gasteiger partial charge in [0.2, 0.25) is 11.8 Å². The van der Waals surface area contributed by atoms with Crippen LogP contribution in [0.5, 0.6) is 11.6 Å². The van der Waals surface area contributed by atoms with Gasteiger partial charge >= 0.3 is 0 Å². The Labute approximate surface area is 142 Å². The molecule has 0 unspecified atom stereocenters. The molecule has 2 aromatic rings. The summed E-state index contributed by atoms with van der Waals surface area (Å²) >= 11 is 0. The lowest BCUT2D eigenvalue weighted by atomic mass is 10.2. The number of aromatic nitrogens is 2. The van der Waals surface area contributed by atoms with Gasteiger partial charge < -0.3 is 19.1 Å². The number of hydrogen-bond acceptors (Lipinski definition) is 6. The predicted octanol–water partition coefficient (Wildman–Crippen LogP) is 2.46. The Hall–Kier alpha value is -2.34. The van der Waals surface area contributed by atoms with Crippen LogP contribution in [0.25, 0.3) is 0 Å². The molecule has 0 aliphatic carbocycles. The minimum absolute atomic E-state index is 0.444. The van der Waals surface area contributed by atoms with E-state index in [0.717, 1.165) is 42.5 Å². The van der Waals surface area contributed by atoms with E-state index in [4.69, 9.17) is 14.2 Å². The van der Waals surface area contributed by atoms with Gasteiger partial charge in [0.1, 0.15) is 12.4 Å². The molecule has 6 nitrogen and oxygen atoms in total. The maximum atomic E-state index is 5.90. The molecule has 0 amide bonds. The first-order valence-electron chi connectivity index (χ1n) is 8.25. The van der Waals surface area contributed by atoms with Crippen molar-refractivity contribution in [2.75, 3.05) is 38.3 Å². The van der Waals surface area contributed by atoms with E-state index in [2.05, 4.69) is 21.8 Å². The number of nitrogens with zero attached hydrogens (tertiary/aromatic N) is 3. The summed E-state index contributed by atoms with van der Waals surface area (Å²) in [5.74, 6) is 2.14. The molecule has 1 fully saturated rings. The second-order valence-electron chi connectivity index (χ2n) is 5.59. The summed E-state index contributed by atoms with van der Waals surface area (Å²) in [5, 5.41) is 0. The number of rotatable bonds is 6. The SMILES string of the molecule is CCc1cc(OCc2cccc(OC)c2)nc(N2CCOCC2)n1. The van der Waals surface area contributed by atoms with Crippen molar-refractivity contribution in [3.05, 3.63) is 41.6 Å². The molecule has 0 radical (unpaired) electrons. The summed E-state index contributed by atoms with van der Waals surface area (Å²) in [5.41, 5.74) is 2.02. The average molecular weight is 329 g/mol. The van der Waals surface area contributed by atoms with E-state index >= 15 is 0 Å². The topological polar surface area (TPSA) is 56.7 Å². The molecule has 1 saturated heterocycles. The van der Waals surface area contributed by atoms with E-state index in [1.807, 2.05) is 30.3 Å². The first kappa shape index (κ1) is 16.5. The molecule has 1 aliphatic heterocycles. The molecule has 0 saturated carbocycles. The number of morpholine rings is 1. The molecule has 0 bridgehead atoms. The average Bonchev–Trinajstić information content (AvgIpc) is 2.67. The fraction of sp³-hybridized carbons (Fsp3) is 0.444. The Kier molecular flexibility index (Phi) is 5.48. The third kappa shape index (κ3) is 4.14. The monoisotopic (exact) mass is 329 g/mol. The number of ether oxygens (including phenoxy) is 3. The molecule has 0 atom stereocenters. The Balaban J connectivity index is 1.74. The fourth-order valence-corrected chi connectivity index (χ4v) is 2.54. The second kappa shape index (κ2) is 7.97. The molecular formula is C18H23N3O3. The van der Waals surface area contributed by atoms with Gasteiger partial charge in [0.25, 0.3) is 0 Å². The van der Waals surface area contributed by atoms with E-state index in [0.29, 0.717) is 25.7 Å². The van der Waals surface area contributed by atoms with Crippen molar-refractivity contribution in [1.29, 1.82) is 0 Å². The van der Waals surface area contributed by atoms with Crippen LogP contribution in [0.4, 0.5) is 5.95 Å². The molecule has 1 aromatic carbocycles. The number of methoxy groups -OCH3 is 1. The quantitative estimate of drug-likeness (QED) is 0.811. The molecule has 128 valence electrons. The highest BCUT2D eigenvalue weighted by atomic mass is 16.5. The van der Waals surface area contributed by atoms with Crippen LogP contribution in [-0.4, -0.2) is 43.4 Å². The molecule has 0 N–H and O–H groups in total. The van der Waals surface area contributed by atoms with Crippen molar-refractivity contribution in [1.82, 2.24) is 9.97 Å². The zero-order valence-corrected chi connectivity index (χ0v) is 14.2. The number of aryl methyl sites for hydroxylation is 1. The highest BCUT2D eigenvalue weighted by Crippen LogP contribution is 2.19. The van der Waals surface area contributed by atoms with Crippen LogP contribution in [0.3, 0.4) is 0 Å². The van der Waals surface area contributed by atoms with Gasteiger partial charge in [0, 0.05) is 24.8 Å². The summed E-state index contributed by atoms with van der Waals surface area (Å²) in [6.07, 6.45) is 0.843. The van der Waals surface area contributed by atoms with Gasteiger partial charge in [0.15, 0.2) is 0 Å². The zero-order valence-electron chi connectivity index (χ0n) is 14.2. The van der Waals surface area contributed by atoms with Crippen LogP contribution in [0, 0.1) is 0 Å². The summed E-state index contributed by atoms with van der Waals surface area (Å²) in [7, 11) is 1.66. The number of benzene rings is 1. The van der Waals surface area contributed by atoms with Crippen LogP contribution < -0.4 is 14.4 Å². The number of anilines is 1. The summed E-state index contributed by atoms with van der Waals surface area (Å²) < 4.78 is 16.5. The van der Waals surface area contributed by atoms with E-state index in [-0.39, 0.29) is 0 Å². The normalized spacial score (nSPS) is 14.5. The lowest BCUT2D eigenvalue weighted by Crippen LogP contribution is -2.37. The smallest absolute Gasteiger partial charge is 0.229 e. The van der Waals surface area contributed by atoms with E-state index in [1.54, 1.807) is 7.11 Å². The highest BCUT2D eigenvalue weighted by molar-refractivity contribution is 5.35. The lowest BCUT2D eigenvalue weighted by Gasteiger charge is -2.27. The van der Waals surface area contributed by atoms with E-state index < -0.39 is 0 Å². The van der Waals surface area contributed by atoms with Crippen molar-refractivity contribution < 1.29 is 14.2 Å². The van der Waals surface area contributed by atoms with Gasteiger partial charge in [-0.25, -0.2) is 4.98 Å². The van der Waals surface area contributed by atoms with Crippen LogP contribution >= 0.6 is 0 Å². The highest BCUT2D eigenvalue weighted by Gasteiger charge is 2.16. The maximum absolute atomic E-state index is 5.90. The van der Waals surface area contributed by atoms with Crippen molar-refractivity contribution in [2.24, 2.45) is 0 Å². The number of hydrogen-bond donors (Lipinski definition) is 0. The lowest BCUT2D eigenvalue weighted by molar-refractivity contribution is 0.122. The van der Waals surface area contributed by atoms with Crippen LogP contribution in [-0.2, 0) is 17.8 Å². The van der Waals surface area contributed by atoms with Gasteiger partial charge in [-0.1, -0.05) is 19.1 Å². The summed E-state index contributed by atoms with van der Waals surface area (Å²) in [6, 6.07) is 9.75. The van der Waals surface area contributed by atoms with E-state index in [1.165, 1.54) is 0 Å². The molecule has 0 spiro atoms. The molecule has 3 rings (SSSR count). The minimum atomic E-state index is 0.444. The summed E-state index contributed by atoms with van der Waals surface area (Å²) in [6.45, 7) is 5.56. The Morgan fingerprint density at radius 1 is 1.17 bits per heavy atom. The molecule has 1 aliphatic rings. The van der Waals surface area contributed by atoms with Crippen molar-refractivity contribution in [2.45, 2.75) is 20.0 Å². The molecule has 6 heteroatoms. The van der Waals surface area contributed by atoms with Crippen LogP contribution in [0.1, 0.15) is 18.2 Å². The van der Waals surface area contributed by atoms with Crippen molar-refractivity contribution >= 4 is 5.95 Å². The summed E-state index contributed by atoms with van der Waals surface area (Å²) in [4.78, 5) is 11.3. The second-order valence-corrected chi connectivity index (χ2v) is 5.59. The van der Waals surface area contributed by atoms with Gasteiger partial charge in [-0.3, -0.25) is 0 Å². The Morgan fingerprint density at radius 3 is 2.75 bits per heavy atom. The Bertz CT molecular complexity index is 672. The van der Waals surface area contributed by atoms with Gasteiger partial charge in [-0.2, -0.15) is 4.98 Å². The molecular weight excluding hydrogens is 306 g/mol. The van der Waals surface area contributed by atoms with Crippen molar-refractivity contribution in [3.63, 3.8) is 0 Å². The van der Waals surface area contributed by atoms with Crippen molar-refractivity contribution in [3.8, 4) is 11.6 Å². The van der Waals surface area contributed by atoms with Gasteiger partial charge in [-0.15, -0.1) is 0 Å². The minimum Gasteiger partial charge on any atom is -0.497 e. The first-order valence-corrected chi connectivity index (χ1v) is 8.25. The molecule has 2 heterocycles. The Morgan fingerprint density at radius 2 is 2.00 bits per heavy atom. The fourth-order valence-electron chi connectivity index (χ4n) is 2.54. The molecule has 24 heavy (non-hydrogen) atoms. The third-order valence-corrected chi connectivity index (χ3v) is 3.92.